The van der Waals surface area contributed by atoms with E-state index >= 15 is 0 Å². The highest BCUT2D eigenvalue weighted by atomic mass is 16.6. The van der Waals surface area contributed by atoms with Crippen molar-refractivity contribution in [3.05, 3.63) is 69.3 Å². The Morgan fingerprint density at radius 3 is 2.60 bits per heavy atom. The average Bonchev–Trinajstić information content (AvgIpc) is 2.92. The molecule has 2 heterocycles. The van der Waals surface area contributed by atoms with Gasteiger partial charge in [0.25, 0.3) is 11.6 Å². The highest BCUT2D eigenvalue weighted by Gasteiger charge is 2.49. The fourth-order valence-corrected chi connectivity index (χ4v) is 3.93. The number of hydrogen-bond donors (Lipinski definition) is 0. The largest absolute Gasteiger partial charge is 0.342 e. The van der Waals surface area contributed by atoms with Crippen molar-refractivity contribution in [2.24, 2.45) is 0 Å². The number of anilines is 1. The summed E-state index contributed by atoms with van der Waals surface area (Å²) in [5.41, 5.74) is 2.30. The van der Waals surface area contributed by atoms with Crippen molar-refractivity contribution in [2.75, 3.05) is 4.90 Å². The van der Waals surface area contributed by atoms with Crippen molar-refractivity contribution in [1.82, 2.24) is 0 Å². The van der Waals surface area contributed by atoms with E-state index < -0.39 is 16.8 Å². The normalized spacial score (nSPS) is 20.0. The number of fused-ring (bicyclic) bond motifs is 5. The molecule has 2 aliphatic heterocycles. The Balaban J connectivity index is 1.92. The predicted molar refractivity (Wildman–Crippen MR) is 92.4 cm³/mol. The summed E-state index contributed by atoms with van der Waals surface area (Å²) in [6.07, 6.45) is 1.01. The minimum atomic E-state index is -0.543. The van der Waals surface area contributed by atoms with Crippen LogP contribution in [0, 0.1) is 10.1 Å². The lowest BCUT2D eigenvalue weighted by Crippen LogP contribution is -2.43. The average molecular weight is 338 g/mol. The lowest BCUT2D eigenvalue weighted by molar-refractivity contribution is -0.384. The standard InChI is InChI=1S/C19H18N2O4/c1-3-19(4-2)15-7-5-6-8-16(15)20-17(22)14-11-12(21(23)24)9-10-13(14)18(20)25-19/h5-11,18H,3-4H2,1-2H3/t18-/m1/s1. The summed E-state index contributed by atoms with van der Waals surface area (Å²) >= 11 is 0. The maximum atomic E-state index is 13.0. The van der Waals surface area contributed by atoms with Gasteiger partial charge in [-0.2, -0.15) is 0 Å². The van der Waals surface area contributed by atoms with Crippen LogP contribution in [-0.2, 0) is 10.3 Å². The summed E-state index contributed by atoms with van der Waals surface area (Å²) in [5.74, 6) is -0.253. The number of para-hydroxylation sites is 1. The summed E-state index contributed by atoms with van der Waals surface area (Å²) in [7, 11) is 0. The number of amides is 1. The lowest BCUT2D eigenvalue weighted by atomic mass is 9.85. The van der Waals surface area contributed by atoms with Gasteiger partial charge >= 0.3 is 0 Å². The monoisotopic (exact) mass is 338 g/mol. The third kappa shape index (κ3) is 2.04. The van der Waals surface area contributed by atoms with E-state index in [0.29, 0.717) is 11.1 Å². The molecular weight excluding hydrogens is 320 g/mol. The van der Waals surface area contributed by atoms with Gasteiger partial charge in [0.1, 0.15) is 0 Å². The molecule has 128 valence electrons. The molecule has 25 heavy (non-hydrogen) atoms. The van der Waals surface area contributed by atoms with Crippen LogP contribution in [0.15, 0.2) is 42.5 Å². The van der Waals surface area contributed by atoms with Gasteiger partial charge in [0.05, 0.1) is 21.8 Å². The second-order valence-corrected chi connectivity index (χ2v) is 6.39. The van der Waals surface area contributed by atoms with E-state index in [9.17, 15) is 14.9 Å². The molecule has 4 rings (SSSR count). The van der Waals surface area contributed by atoms with Gasteiger partial charge < -0.3 is 4.74 Å². The Labute approximate surface area is 145 Å². The summed E-state index contributed by atoms with van der Waals surface area (Å²) in [4.78, 5) is 25.2. The number of rotatable bonds is 3. The molecule has 2 aromatic carbocycles. The molecule has 0 fully saturated rings. The van der Waals surface area contributed by atoms with E-state index in [1.165, 1.54) is 12.1 Å². The molecule has 2 aromatic rings. The van der Waals surface area contributed by atoms with Crippen LogP contribution in [0.2, 0.25) is 0 Å². The van der Waals surface area contributed by atoms with Crippen LogP contribution in [0.4, 0.5) is 11.4 Å². The first kappa shape index (κ1) is 15.8. The van der Waals surface area contributed by atoms with E-state index in [1.807, 2.05) is 24.3 Å². The summed E-state index contributed by atoms with van der Waals surface area (Å²) in [6, 6.07) is 12.2. The fourth-order valence-electron chi connectivity index (χ4n) is 3.93. The number of carbonyl (C=O) groups is 1. The van der Waals surface area contributed by atoms with Crippen LogP contribution in [0.1, 0.15) is 54.4 Å². The first-order valence-electron chi connectivity index (χ1n) is 8.41. The molecule has 6 nitrogen and oxygen atoms in total. The molecular formula is C19H18N2O4. The molecule has 0 unspecified atom stereocenters. The lowest BCUT2D eigenvalue weighted by Gasteiger charge is -2.45. The maximum absolute atomic E-state index is 13.0. The van der Waals surface area contributed by atoms with E-state index in [0.717, 1.165) is 24.1 Å². The van der Waals surface area contributed by atoms with Crippen molar-refractivity contribution in [3.63, 3.8) is 0 Å². The van der Waals surface area contributed by atoms with Gasteiger partial charge in [-0.3, -0.25) is 19.8 Å². The number of carbonyl (C=O) groups excluding carboxylic acids is 1. The maximum Gasteiger partial charge on any atom is 0.270 e. The Kier molecular flexibility index (Phi) is 3.40. The van der Waals surface area contributed by atoms with Gasteiger partial charge in [0, 0.05) is 23.3 Å². The SMILES string of the molecule is CCC1(CC)O[C@@H]2c3ccc([N+](=O)[O-])cc3C(=O)N2c2ccccc21. The van der Waals surface area contributed by atoms with E-state index in [2.05, 4.69) is 13.8 Å². The highest BCUT2D eigenvalue weighted by Crippen LogP contribution is 2.52. The first-order chi connectivity index (χ1) is 12.0. The fraction of sp³-hybridized carbons (Fsp3) is 0.316. The second-order valence-electron chi connectivity index (χ2n) is 6.39. The van der Waals surface area contributed by atoms with Gasteiger partial charge in [0.2, 0.25) is 0 Å². The number of benzene rings is 2. The minimum absolute atomic E-state index is 0.0857. The molecule has 6 heteroatoms. The molecule has 0 radical (unpaired) electrons. The minimum Gasteiger partial charge on any atom is -0.342 e. The molecule has 0 aliphatic carbocycles. The zero-order valence-corrected chi connectivity index (χ0v) is 14.1. The zero-order valence-electron chi connectivity index (χ0n) is 14.1. The van der Waals surface area contributed by atoms with Gasteiger partial charge in [-0.05, 0) is 25.0 Å². The molecule has 0 saturated heterocycles. The molecule has 0 bridgehead atoms. The zero-order chi connectivity index (χ0) is 17.8. The van der Waals surface area contributed by atoms with Crippen LogP contribution in [0.3, 0.4) is 0 Å². The topological polar surface area (TPSA) is 72.7 Å². The molecule has 0 spiro atoms. The number of ether oxygens (including phenoxy) is 1. The molecule has 2 aliphatic rings. The van der Waals surface area contributed by atoms with Crippen LogP contribution in [0.25, 0.3) is 0 Å². The van der Waals surface area contributed by atoms with E-state index in [1.54, 1.807) is 11.0 Å². The molecule has 1 amide bonds. The smallest absolute Gasteiger partial charge is 0.270 e. The number of nitro groups is 1. The van der Waals surface area contributed by atoms with Gasteiger partial charge in [-0.1, -0.05) is 32.0 Å². The van der Waals surface area contributed by atoms with Crippen molar-refractivity contribution in [3.8, 4) is 0 Å². The van der Waals surface area contributed by atoms with Gasteiger partial charge in [-0.25, -0.2) is 0 Å². The quantitative estimate of drug-likeness (QED) is 0.618. The van der Waals surface area contributed by atoms with Crippen molar-refractivity contribution in [2.45, 2.75) is 38.5 Å². The molecule has 0 N–H and O–H groups in total. The molecule has 1 atom stereocenters. The third-order valence-electron chi connectivity index (χ3n) is 5.33. The molecule has 0 aromatic heterocycles. The van der Waals surface area contributed by atoms with Crippen LogP contribution in [-0.4, -0.2) is 10.8 Å². The number of non-ortho nitro benzene ring substituents is 1. The second kappa shape index (κ2) is 5.39. The molecule has 0 saturated carbocycles. The summed E-state index contributed by atoms with van der Waals surface area (Å²) in [6.45, 7) is 4.15. The van der Waals surface area contributed by atoms with E-state index in [-0.39, 0.29) is 11.6 Å². The number of nitrogens with zero attached hydrogens (tertiary/aromatic N) is 2. The van der Waals surface area contributed by atoms with Crippen LogP contribution in [0.5, 0.6) is 0 Å². The van der Waals surface area contributed by atoms with Gasteiger partial charge in [0.15, 0.2) is 6.23 Å². The third-order valence-corrected chi connectivity index (χ3v) is 5.33. The number of nitro benzene ring substituents is 1. The summed E-state index contributed by atoms with van der Waals surface area (Å²) in [5, 5.41) is 11.1. The Morgan fingerprint density at radius 2 is 1.92 bits per heavy atom. The summed E-state index contributed by atoms with van der Waals surface area (Å²) < 4.78 is 6.46. The predicted octanol–water partition coefficient (Wildman–Crippen LogP) is 4.30. The first-order valence-corrected chi connectivity index (χ1v) is 8.41. The van der Waals surface area contributed by atoms with Crippen molar-refractivity contribution >= 4 is 17.3 Å². The highest BCUT2D eigenvalue weighted by molar-refractivity contribution is 6.11. The Hall–Kier alpha value is -2.73. The van der Waals surface area contributed by atoms with E-state index in [4.69, 9.17) is 4.74 Å². The Morgan fingerprint density at radius 1 is 1.20 bits per heavy atom. The van der Waals surface area contributed by atoms with Crippen LogP contribution >= 0.6 is 0 Å². The van der Waals surface area contributed by atoms with Crippen molar-refractivity contribution in [1.29, 1.82) is 0 Å². The van der Waals surface area contributed by atoms with Crippen molar-refractivity contribution < 1.29 is 14.5 Å². The number of hydrogen-bond acceptors (Lipinski definition) is 4. The van der Waals surface area contributed by atoms with Gasteiger partial charge in [-0.15, -0.1) is 0 Å². The Bertz CT molecular complexity index is 889. The van der Waals surface area contributed by atoms with Crippen LogP contribution < -0.4 is 4.90 Å².